The molecule has 0 aromatic heterocycles. The summed E-state index contributed by atoms with van der Waals surface area (Å²) in [5.41, 5.74) is 2.19. The molecule has 0 atom stereocenters. The Morgan fingerprint density at radius 3 is 2.08 bits per heavy atom. The second kappa shape index (κ2) is 7.22. The smallest absolute Gasteiger partial charge is 0.0277 e. The SMILES string of the molecule is C=CC(=C\C=NC)/C(C)=C\C=NC. The molecule has 0 aromatic rings. The number of allylic oxidation sites excluding steroid dienone is 5. The Labute approximate surface area is 80.1 Å². The van der Waals surface area contributed by atoms with E-state index in [2.05, 4.69) is 16.6 Å². The molecule has 0 heterocycles. The highest BCUT2D eigenvalue weighted by Gasteiger charge is 1.91. The summed E-state index contributed by atoms with van der Waals surface area (Å²) in [4.78, 5) is 7.75. The molecule has 0 rings (SSSR count). The average Bonchev–Trinajstić information content (AvgIpc) is 2.16. The van der Waals surface area contributed by atoms with Gasteiger partial charge in [-0.05, 0) is 30.2 Å². The lowest BCUT2D eigenvalue weighted by atomic mass is 10.1. The maximum atomic E-state index is 3.88. The first-order chi connectivity index (χ1) is 6.26. The third kappa shape index (κ3) is 4.90. The highest BCUT2D eigenvalue weighted by atomic mass is 14.6. The molecule has 0 fully saturated rings. The Hall–Kier alpha value is -1.44. The van der Waals surface area contributed by atoms with E-state index in [1.54, 1.807) is 32.6 Å². The Balaban J connectivity index is 4.67. The summed E-state index contributed by atoms with van der Waals surface area (Å²) in [5.74, 6) is 0. The van der Waals surface area contributed by atoms with Gasteiger partial charge in [0.1, 0.15) is 0 Å². The minimum atomic E-state index is 1.06. The van der Waals surface area contributed by atoms with Crippen LogP contribution in [-0.2, 0) is 0 Å². The van der Waals surface area contributed by atoms with Crippen molar-refractivity contribution in [3.8, 4) is 0 Å². The second-order valence-electron chi connectivity index (χ2n) is 2.49. The zero-order chi connectivity index (χ0) is 10.1. The predicted octanol–water partition coefficient (Wildman–Crippen LogP) is 2.45. The van der Waals surface area contributed by atoms with Crippen LogP contribution in [0.2, 0.25) is 0 Å². The zero-order valence-electron chi connectivity index (χ0n) is 8.49. The van der Waals surface area contributed by atoms with Crippen molar-refractivity contribution in [1.29, 1.82) is 0 Å². The summed E-state index contributed by atoms with van der Waals surface area (Å²) < 4.78 is 0. The van der Waals surface area contributed by atoms with E-state index < -0.39 is 0 Å². The lowest BCUT2D eigenvalue weighted by molar-refractivity contribution is 1.42. The molecule has 70 valence electrons. The first kappa shape index (κ1) is 11.6. The van der Waals surface area contributed by atoms with Crippen LogP contribution in [0.4, 0.5) is 0 Å². The van der Waals surface area contributed by atoms with E-state index in [-0.39, 0.29) is 0 Å². The summed E-state index contributed by atoms with van der Waals surface area (Å²) in [7, 11) is 3.48. The van der Waals surface area contributed by atoms with Gasteiger partial charge in [-0.3, -0.25) is 9.98 Å². The first-order valence-electron chi connectivity index (χ1n) is 4.10. The van der Waals surface area contributed by atoms with Gasteiger partial charge in [0.05, 0.1) is 0 Å². The van der Waals surface area contributed by atoms with Gasteiger partial charge in [-0.1, -0.05) is 12.7 Å². The van der Waals surface area contributed by atoms with E-state index in [0.29, 0.717) is 0 Å². The van der Waals surface area contributed by atoms with Gasteiger partial charge in [-0.15, -0.1) is 0 Å². The molecule has 0 unspecified atom stereocenters. The van der Waals surface area contributed by atoms with Gasteiger partial charge in [0.2, 0.25) is 0 Å². The van der Waals surface area contributed by atoms with Crippen LogP contribution in [0.5, 0.6) is 0 Å². The molecule has 0 aliphatic heterocycles. The molecule has 2 nitrogen and oxygen atoms in total. The predicted molar refractivity (Wildman–Crippen MR) is 60.9 cm³/mol. The molecular weight excluding hydrogens is 160 g/mol. The lowest BCUT2D eigenvalue weighted by Gasteiger charge is -1.98. The molecule has 0 N–H and O–H groups in total. The van der Waals surface area contributed by atoms with Gasteiger partial charge in [0.25, 0.3) is 0 Å². The minimum Gasteiger partial charge on any atom is -0.297 e. The van der Waals surface area contributed by atoms with E-state index in [1.807, 2.05) is 19.1 Å². The van der Waals surface area contributed by atoms with Gasteiger partial charge < -0.3 is 0 Å². The van der Waals surface area contributed by atoms with Gasteiger partial charge in [0.15, 0.2) is 0 Å². The largest absolute Gasteiger partial charge is 0.297 e. The fourth-order valence-corrected chi connectivity index (χ4v) is 0.798. The summed E-state index contributed by atoms with van der Waals surface area (Å²) in [6.07, 6.45) is 9.17. The van der Waals surface area contributed by atoms with Crippen LogP contribution in [0.1, 0.15) is 6.92 Å². The lowest BCUT2D eigenvalue weighted by Crippen LogP contribution is -1.83. The van der Waals surface area contributed by atoms with Crippen molar-refractivity contribution in [2.75, 3.05) is 14.1 Å². The fourth-order valence-electron chi connectivity index (χ4n) is 0.798. The van der Waals surface area contributed by atoms with Crippen LogP contribution < -0.4 is 0 Å². The van der Waals surface area contributed by atoms with Crippen molar-refractivity contribution in [2.24, 2.45) is 9.98 Å². The minimum absolute atomic E-state index is 1.06. The van der Waals surface area contributed by atoms with E-state index >= 15 is 0 Å². The average molecular weight is 176 g/mol. The molecular formula is C11H16N2. The van der Waals surface area contributed by atoms with Crippen molar-refractivity contribution < 1.29 is 0 Å². The Morgan fingerprint density at radius 2 is 1.62 bits per heavy atom. The van der Waals surface area contributed by atoms with Crippen LogP contribution in [0.15, 0.2) is 45.9 Å². The van der Waals surface area contributed by atoms with Crippen molar-refractivity contribution in [2.45, 2.75) is 6.92 Å². The molecule has 0 bridgehead atoms. The standard InChI is InChI=1S/C11H16N2/c1-5-11(7-9-13-4)10(2)6-8-12-3/h5-9H,1H2,2-4H3/b10-6-,11-7+,12-8?,13-9?. The third-order valence-corrected chi connectivity index (χ3v) is 1.55. The van der Waals surface area contributed by atoms with Crippen molar-refractivity contribution in [3.05, 3.63) is 36.0 Å². The van der Waals surface area contributed by atoms with Crippen molar-refractivity contribution in [3.63, 3.8) is 0 Å². The molecule has 0 aliphatic carbocycles. The molecule has 0 saturated heterocycles. The molecule has 0 aromatic carbocycles. The van der Waals surface area contributed by atoms with Crippen LogP contribution in [0.3, 0.4) is 0 Å². The second-order valence-corrected chi connectivity index (χ2v) is 2.49. The monoisotopic (exact) mass is 176 g/mol. The Morgan fingerprint density at radius 1 is 1.08 bits per heavy atom. The Kier molecular flexibility index (Phi) is 6.42. The van der Waals surface area contributed by atoms with Crippen LogP contribution >= 0.6 is 0 Å². The Bertz CT molecular complexity index is 268. The third-order valence-electron chi connectivity index (χ3n) is 1.55. The first-order valence-corrected chi connectivity index (χ1v) is 4.10. The van der Waals surface area contributed by atoms with E-state index in [1.165, 1.54) is 0 Å². The van der Waals surface area contributed by atoms with Gasteiger partial charge in [-0.2, -0.15) is 0 Å². The highest BCUT2D eigenvalue weighted by Crippen LogP contribution is 2.08. The normalized spacial score (nSPS) is 14.4. The number of hydrogen-bond donors (Lipinski definition) is 0. The van der Waals surface area contributed by atoms with Crippen LogP contribution in [-0.4, -0.2) is 26.5 Å². The topological polar surface area (TPSA) is 24.7 Å². The molecule has 13 heavy (non-hydrogen) atoms. The number of hydrogen-bond acceptors (Lipinski definition) is 2. The molecule has 0 spiro atoms. The van der Waals surface area contributed by atoms with E-state index in [9.17, 15) is 0 Å². The maximum Gasteiger partial charge on any atom is 0.0277 e. The molecule has 0 aliphatic rings. The van der Waals surface area contributed by atoms with Gasteiger partial charge in [0, 0.05) is 26.5 Å². The van der Waals surface area contributed by atoms with Gasteiger partial charge in [-0.25, -0.2) is 0 Å². The number of rotatable bonds is 4. The van der Waals surface area contributed by atoms with E-state index in [4.69, 9.17) is 0 Å². The molecule has 0 saturated carbocycles. The van der Waals surface area contributed by atoms with Crippen molar-refractivity contribution in [1.82, 2.24) is 0 Å². The van der Waals surface area contributed by atoms with E-state index in [0.717, 1.165) is 11.1 Å². The van der Waals surface area contributed by atoms with Crippen LogP contribution in [0.25, 0.3) is 0 Å². The molecule has 0 amide bonds. The molecule has 2 heteroatoms. The van der Waals surface area contributed by atoms with Crippen molar-refractivity contribution >= 4 is 12.4 Å². The quantitative estimate of drug-likeness (QED) is 0.464. The summed E-state index contributed by atoms with van der Waals surface area (Å²) in [5, 5.41) is 0. The molecule has 0 radical (unpaired) electrons. The van der Waals surface area contributed by atoms with Gasteiger partial charge >= 0.3 is 0 Å². The summed E-state index contributed by atoms with van der Waals surface area (Å²) in [6.45, 7) is 5.74. The number of nitrogens with zero attached hydrogens (tertiary/aromatic N) is 2. The highest BCUT2D eigenvalue weighted by molar-refractivity contribution is 5.78. The zero-order valence-corrected chi connectivity index (χ0v) is 8.49. The van der Waals surface area contributed by atoms with Crippen LogP contribution in [0, 0.1) is 0 Å². The number of aliphatic imine (C=N–C) groups is 2. The summed E-state index contributed by atoms with van der Waals surface area (Å²) >= 11 is 0. The fraction of sp³-hybridized carbons (Fsp3) is 0.273. The maximum absolute atomic E-state index is 3.88. The summed E-state index contributed by atoms with van der Waals surface area (Å²) in [6, 6.07) is 0.